The lowest BCUT2D eigenvalue weighted by Crippen LogP contribution is -2.05. The van der Waals surface area contributed by atoms with Crippen molar-refractivity contribution in [1.29, 1.82) is 0 Å². The smallest absolute Gasteiger partial charge is 0.168 e. The molecule has 0 saturated carbocycles. The van der Waals surface area contributed by atoms with Crippen LogP contribution in [0, 0.1) is 6.92 Å². The third-order valence-corrected chi connectivity index (χ3v) is 2.55. The molecule has 0 fully saturated rings. The molecule has 5 heteroatoms. The highest BCUT2D eigenvalue weighted by atomic mass is 32.2. The molecule has 0 saturated heterocycles. The number of nitrogen functional groups attached to an aromatic ring is 1. The zero-order valence-corrected chi connectivity index (χ0v) is 8.27. The van der Waals surface area contributed by atoms with Gasteiger partial charge in [-0.25, -0.2) is 4.68 Å². The fourth-order valence-corrected chi connectivity index (χ4v) is 1.47. The topological polar surface area (TPSA) is 56.7 Å². The van der Waals surface area contributed by atoms with Gasteiger partial charge in [-0.3, -0.25) is 0 Å². The SMILES string of the molecule is CCSCCn1nnc(N)c1C. The molecule has 0 atom stereocenters. The Kier molecular flexibility index (Phi) is 3.40. The molecular weight excluding hydrogens is 172 g/mol. The summed E-state index contributed by atoms with van der Waals surface area (Å²) in [6.45, 7) is 4.98. The van der Waals surface area contributed by atoms with Gasteiger partial charge in [0.05, 0.1) is 12.2 Å². The molecule has 0 spiro atoms. The zero-order valence-electron chi connectivity index (χ0n) is 7.45. The number of hydrogen-bond donors (Lipinski definition) is 1. The van der Waals surface area contributed by atoms with E-state index in [2.05, 4.69) is 17.2 Å². The Balaban J connectivity index is 2.46. The van der Waals surface area contributed by atoms with Gasteiger partial charge in [0.15, 0.2) is 5.82 Å². The van der Waals surface area contributed by atoms with Crippen molar-refractivity contribution in [2.75, 3.05) is 17.2 Å². The van der Waals surface area contributed by atoms with Crippen molar-refractivity contribution in [2.24, 2.45) is 0 Å². The van der Waals surface area contributed by atoms with E-state index in [0.29, 0.717) is 5.82 Å². The van der Waals surface area contributed by atoms with Gasteiger partial charge in [-0.05, 0) is 12.7 Å². The van der Waals surface area contributed by atoms with Crippen LogP contribution in [0.2, 0.25) is 0 Å². The third kappa shape index (κ3) is 2.14. The first-order valence-electron chi connectivity index (χ1n) is 3.99. The van der Waals surface area contributed by atoms with Crippen molar-refractivity contribution < 1.29 is 0 Å². The van der Waals surface area contributed by atoms with Crippen molar-refractivity contribution in [3.63, 3.8) is 0 Å². The summed E-state index contributed by atoms with van der Waals surface area (Å²) in [6.07, 6.45) is 0. The van der Waals surface area contributed by atoms with Crippen molar-refractivity contribution in [3.05, 3.63) is 5.69 Å². The fourth-order valence-electron chi connectivity index (χ4n) is 0.882. The number of nitrogens with zero attached hydrogens (tertiary/aromatic N) is 3. The van der Waals surface area contributed by atoms with Crippen LogP contribution in [0.25, 0.3) is 0 Å². The highest BCUT2D eigenvalue weighted by Gasteiger charge is 2.02. The predicted octanol–water partition coefficient (Wildman–Crippen LogP) is 0.922. The van der Waals surface area contributed by atoms with E-state index in [1.807, 2.05) is 23.4 Å². The second kappa shape index (κ2) is 4.35. The molecule has 0 bridgehead atoms. The van der Waals surface area contributed by atoms with Gasteiger partial charge in [-0.15, -0.1) is 5.10 Å². The molecule has 0 aliphatic heterocycles. The second-order valence-electron chi connectivity index (χ2n) is 2.48. The molecule has 0 unspecified atom stereocenters. The van der Waals surface area contributed by atoms with Crippen LogP contribution in [-0.2, 0) is 6.54 Å². The van der Waals surface area contributed by atoms with Crippen LogP contribution in [0.5, 0.6) is 0 Å². The summed E-state index contributed by atoms with van der Waals surface area (Å²) in [5.41, 5.74) is 6.51. The maximum Gasteiger partial charge on any atom is 0.168 e. The first-order valence-corrected chi connectivity index (χ1v) is 5.14. The lowest BCUT2D eigenvalue weighted by Gasteiger charge is -2.00. The third-order valence-electron chi connectivity index (χ3n) is 1.67. The molecule has 1 aromatic rings. The minimum atomic E-state index is 0.538. The summed E-state index contributed by atoms with van der Waals surface area (Å²) in [6, 6.07) is 0. The van der Waals surface area contributed by atoms with E-state index in [0.717, 1.165) is 23.7 Å². The average Bonchev–Trinajstić information content (AvgIpc) is 2.36. The first-order chi connectivity index (χ1) is 5.75. The number of anilines is 1. The number of nitrogens with two attached hydrogens (primary N) is 1. The Bertz CT molecular complexity index is 246. The summed E-state index contributed by atoms with van der Waals surface area (Å²) in [5, 5.41) is 7.69. The first kappa shape index (κ1) is 9.38. The summed E-state index contributed by atoms with van der Waals surface area (Å²) in [7, 11) is 0. The van der Waals surface area contributed by atoms with Crippen molar-refractivity contribution in [3.8, 4) is 0 Å². The predicted molar refractivity (Wildman–Crippen MR) is 52.2 cm³/mol. The largest absolute Gasteiger partial charge is 0.381 e. The van der Waals surface area contributed by atoms with E-state index in [9.17, 15) is 0 Å². The average molecular weight is 186 g/mol. The van der Waals surface area contributed by atoms with Crippen molar-refractivity contribution in [1.82, 2.24) is 15.0 Å². The number of rotatable bonds is 4. The molecule has 12 heavy (non-hydrogen) atoms. The van der Waals surface area contributed by atoms with Gasteiger partial charge in [-0.1, -0.05) is 12.1 Å². The second-order valence-corrected chi connectivity index (χ2v) is 3.87. The van der Waals surface area contributed by atoms with E-state index in [1.54, 1.807) is 0 Å². The number of thioether (sulfide) groups is 1. The maximum absolute atomic E-state index is 5.54. The molecular formula is C7H14N4S. The molecule has 4 nitrogen and oxygen atoms in total. The standard InChI is InChI=1S/C7H14N4S/c1-3-12-5-4-11-6(2)7(8)9-10-11/h3-5,8H2,1-2H3. The number of aromatic nitrogens is 3. The van der Waals surface area contributed by atoms with Gasteiger partial charge in [0.2, 0.25) is 0 Å². The molecule has 0 aliphatic carbocycles. The normalized spacial score (nSPS) is 10.5. The van der Waals surface area contributed by atoms with Gasteiger partial charge in [0.25, 0.3) is 0 Å². The number of aryl methyl sites for hydroxylation is 1. The maximum atomic E-state index is 5.54. The van der Waals surface area contributed by atoms with Crippen LogP contribution < -0.4 is 5.73 Å². The Morgan fingerprint density at radius 3 is 2.83 bits per heavy atom. The van der Waals surface area contributed by atoms with Crippen LogP contribution in [-0.4, -0.2) is 26.5 Å². The summed E-state index contributed by atoms with van der Waals surface area (Å²) in [4.78, 5) is 0. The van der Waals surface area contributed by atoms with E-state index in [4.69, 9.17) is 5.73 Å². The molecule has 1 heterocycles. The molecule has 0 amide bonds. The number of hydrogen-bond acceptors (Lipinski definition) is 4. The molecule has 68 valence electrons. The van der Waals surface area contributed by atoms with Crippen molar-refractivity contribution in [2.45, 2.75) is 20.4 Å². The van der Waals surface area contributed by atoms with Gasteiger partial charge in [0, 0.05) is 5.75 Å². The highest BCUT2D eigenvalue weighted by Crippen LogP contribution is 2.06. The minimum absolute atomic E-state index is 0.538. The Hall–Kier alpha value is -0.710. The lowest BCUT2D eigenvalue weighted by atomic mass is 10.5. The van der Waals surface area contributed by atoms with E-state index >= 15 is 0 Å². The van der Waals surface area contributed by atoms with E-state index in [-0.39, 0.29) is 0 Å². The Labute approximate surface area is 76.5 Å². The van der Waals surface area contributed by atoms with Crippen LogP contribution in [0.15, 0.2) is 0 Å². The van der Waals surface area contributed by atoms with Crippen LogP contribution in [0.1, 0.15) is 12.6 Å². The quantitative estimate of drug-likeness (QED) is 0.710. The Morgan fingerprint density at radius 2 is 2.33 bits per heavy atom. The summed E-state index contributed by atoms with van der Waals surface area (Å²) < 4.78 is 1.85. The highest BCUT2D eigenvalue weighted by molar-refractivity contribution is 7.99. The summed E-state index contributed by atoms with van der Waals surface area (Å²) in [5.74, 6) is 2.75. The lowest BCUT2D eigenvalue weighted by molar-refractivity contribution is 0.617. The van der Waals surface area contributed by atoms with Crippen LogP contribution in [0.4, 0.5) is 5.82 Å². The van der Waals surface area contributed by atoms with Gasteiger partial charge in [0.1, 0.15) is 0 Å². The summed E-state index contributed by atoms with van der Waals surface area (Å²) >= 11 is 1.89. The van der Waals surface area contributed by atoms with Crippen LogP contribution >= 0.6 is 11.8 Å². The van der Waals surface area contributed by atoms with Crippen molar-refractivity contribution >= 4 is 17.6 Å². The van der Waals surface area contributed by atoms with E-state index in [1.165, 1.54) is 0 Å². The van der Waals surface area contributed by atoms with Gasteiger partial charge < -0.3 is 5.73 Å². The molecule has 2 N–H and O–H groups in total. The molecule has 1 aromatic heterocycles. The minimum Gasteiger partial charge on any atom is -0.381 e. The molecule has 1 rings (SSSR count). The monoisotopic (exact) mass is 186 g/mol. The fraction of sp³-hybridized carbons (Fsp3) is 0.714. The molecule has 0 aromatic carbocycles. The zero-order chi connectivity index (χ0) is 8.97. The van der Waals surface area contributed by atoms with Gasteiger partial charge >= 0.3 is 0 Å². The van der Waals surface area contributed by atoms with Crippen LogP contribution in [0.3, 0.4) is 0 Å². The van der Waals surface area contributed by atoms with Gasteiger partial charge in [-0.2, -0.15) is 11.8 Å². The molecule has 0 radical (unpaired) electrons. The van der Waals surface area contributed by atoms with E-state index < -0.39 is 0 Å². The molecule has 0 aliphatic rings. The Morgan fingerprint density at radius 1 is 1.58 bits per heavy atom.